The van der Waals surface area contributed by atoms with E-state index in [0.29, 0.717) is 0 Å². The maximum Gasteiger partial charge on any atom is 0.252 e. The minimum Gasteiger partial charge on any atom is -0.394 e. The molecule has 0 fully saturated rings. The van der Waals surface area contributed by atoms with Crippen LogP contribution in [0.1, 0.15) is 24.2 Å². The van der Waals surface area contributed by atoms with Crippen LogP contribution < -0.4 is 5.32 Å². The summed E-state index contributed by atoms with van der Waals surface area (Å²) in [5, 5.41) is 11.4. The van der Waals surface area contributed by atoms with Gasteiger partial charge in [0.2, 0.25) is 0 Å². The fraction of sp³-hybridized carbons (Fsp3) is 0.417. The lowest BCUT2D eigenvalue weighted by Crippen LogP contribution is -2.35. The molecule has 0 saturated heterocycles. The first-order chi connectivity index (χ1) is 8.42. The van der Waals surface area contributed by atoms with Crippen LogP contribution in [0.25, 0.3) is 0 Å². The minimum atomic E-state index is -3.44. The van der Waals surface area contributed by atoms with Crippen molar-refractivity contribution < 1.29 is 18.3 Å². The van der Waals surface area contributed by atoms with Gasteiger partial charge in [-0.15, -0.1) is 0 Å². The summed E-state index contributed by atoms with van der Waals surface area (Å²) in [7, 11) is -3.44. The Morgan fingerprint density at radius 2 is 2.00 bits per heavy atom. The van der Waals surface area contributed by atoms with E-state index >= 15 is 0 Å². The molecule has 18 heavy (non-hydrogen) atoms. The summed E-state index contributed by atoms with van der Waals surface area (Å²) in [6, 6.07) is 5.64. The Morgan fingerprint density at radius 3 is 2.56 bits per heavy atom. The van der Waals surface area contributed by atoms with E-state index < -0.39 is 21.8 Å². The Labute approximate surface area is 107 Å². The van der Waals surface area contributed by atoms with E-state index in [2.05, 4.69) is 5.32 Å². The van der Waals surface area contributed by atoms with Gasteiger partial charge in [0.05, 0.1) is 22.8 Å². The van der Waals surface area contributed by atoms with E-state index in [1.54, 1.807) is 19.1 Å². The predicted octanol–water partition coefficient (Wildman–Crippen LogP) is 0.591. The number of benzene rings is 1. The molecule has 0 unspecified atom stereocenters. The molecular formula is C12H17NO4S. The summed E-state index contributed by atoms with van der Waals surface area (Å²) in [6.45, 7) is 2.96. The van der Waals surface area contributed by atoms with Gasteiger partial charge in [0.1, 0.15) is 0 Å². The molecule has 0 aliphatic rings. The second kappa shape index (κ2) is 5.97. The molecule has 1 rings (SSSR count). The number of rotatable bonds is 5. The molecule has 0 spiro atoms. The molecule has 5 nitrogen and oxygen atoms in total. The Morgan fingerprint density at radius 1 is 1.39 bits per heavy atom. The van der Waals surface area contributed by atoms with Crippen molar-refractivity contribution in [2.75, 3.05) is 12.4 Å². The van der Waals surface area contributed by atoms with Crippen molar-refractivity contribution in [2.45, 2.75) is 24.8 Å². The number of nitrogens with one attached hydrogen (secondary N) is 1. The molecule has 1 aromatic rings. The van der Waals surface area contributed by atoms with Crippen LogP contribution in [0.15, 0.2) is 29.2 Å². The number of carbonyl (C=O) groups excluding carboxylic acids is 1. The van der Waals surface area contributed by atoms with Crippen molar-refractivity contribution in [1.29, 1.82) is 0 Å². The first-order valence-electron chi connectivity index (χ1n) is 5.66. The third kappa shape index (κ3) is 3.30. The number of hydrogen-bond acceptors (Lipinski definition) is 4. The van der Waals surface area contributed by atoms with Gasteiger partial charge in [-0.1, -0.05) is 19.1 Å². The number of aliphatic hydroxyl groups is 1. The highest BCUT2D eigenvalue weighted by Crippen LogP contribution is 2.17. The van der Waals surface area contributed by atoms with Crippen molar-refractivity contribution in [1.82, 2.24) is 5.32 Å². The highest BCUT2D eigenvalue weighted by Gasteiger charge is 2.21. The maximum atomic E-state index is 11.9. The summed E-state index contributed by atoms with van der Waals surface area (Å²) in [5.74, 6) is -0.559. The van der Waals surface area contributed by atoms with Gasteiger partial charge in [-0.3, -0.25) is 4.79 Å². The zero-order valence-electron chi connectivity index (χ0n) is 10.4. The summed E-state index contributed by atoms with van der Waals surface area (Å²) in [6.07, 6.45) is 0. The quantitative estimate of drug-likeness (QED) is 0.821. The first kappa shape index (κ1) is 14.7. The lowest BCUT2D eigenvalue weighted by Gasteiger charge is -2.13. The molecule has 0 radical (unpaired) electrons. The largest absolute Gasteiger partial charge is 0.394 e. The molecule has 0 aromatic heterocycles. The number of sulfone groups is 1. The van der Waals surface area contributed by atoms with Crippen LogP contribution in [0.3, 0.4) is 0 Å². The Kier molecular flexibility index (Phi) is 4.86. The molecular weight excluding hydrogens is 254 g/mol. The normalized spacial score (nSPS) is 13.1. The van der Waals surface area contributed by atoms with Gasteiger partial charge in [0.15, 0.2) is 9.84 Å². The van der Waals surface area contributed by atoms with Gasteiger partial charge in [0.25, 0.3) is 5.91 Å². The Hall–Kier alpha value is -1.40. The molecule has 0 aliphatic heterocycles. The summed E-state index contributed by atoms with van der Waals surface area (Å²) < 4.78 is 23.7. The smallest absolute Gasteiger partial charge is 0.252 e. The van der Waals surface area contributed by atoms with Crippen LogP contribution in [-0.4, -0.2) is 37.8 Å². The van der Waals surface area contributed by atoms with Gasteiger partial charge in [-0.2, -0.15) is 0 Å². The average Bonchev–Trinajstić information content (AvgIpc) is 2.38. The fourth-order valence-corrected chi connectivity index (χ4v) is 2.52. The van der Waals surface area contributed by atoms with Crippen LogP contribution in [-0.2, 0) is 9.84 Å². The lowest BCUT2D eigenvalue weighted by molar-refractivity contribution is 0.0919. The number of amides is 1. The van der Waals surface area contributed by atoms with E-state index in [0.717, 1.165) is 0 Å². The molecule has 100 valence electrons. The Balaban J connectivity index is 3.14. The minimum absolute atomic E-state index is 0.0233. The first-order valence-corrected chi connectivity index (χ1v) is 7.31. The van der Waals surface area contributed by atoms with Crippen molar-refractivity contribution in [3.63, 3.8) is 0 Å². The highest BCUT2D eigenvalue weighted by atomic mass is 32.2. The molecule has 0 bridgehead atoms. The fourth-order valence-electron chi connectivity index (χ4n) is 1.43. The molecule has 2 N–H and O–H groups in total. The van der Waals surface area contributed by atoms with E-state index in [9.17, 15) is 13.2 Å². The lowest BCUT2D eigenvalue weighted by atomic mass is 10.2. The van der Waals surface area contributed by atoms with Crippen molar-refractivity contribution in [3.05, 3.63) is 29.8 Å². The van der Waals surface area contributed by atoms with Crippen LogP contribution in [0.4, 0.5) is 0 Å². The summed E-state index contributed by atoms with van der Waals surface area (Å²) >= 11 is 0. The number of carbonyl (C=O) groups is 1. The van der Waals surface area contributed by atoms with E-state index in [4.69, 9.17) is 5.11 Å². The summed E-state index contributed by atoms with van der Waals surface area (Å²) in [4.78, 5) is 11.9. The van der Waals surface area contributed by atoms with E-state index in [1.165, 1.54) is 19.1 Å². The summed E-state index contributed by atoms with van der Waals surface area (Å²) in [5.41, 5.74) is 0.111. The van der Waals surface area contributed by atoms with Crippen molar-refractivity contribution in [3.8, 4) is 0 Å². The second-order valence-electron chi connectivity index (χ2n) is 3.96. The van der Waals surface area contributed by atoms with Crippen molar-refractivity contribution >= 4 is 15.7 Å². The molecule has 0 heterocycles. The third-order valence-corrected chi connectivity index (χ3v) is 4.28. The number of hydrogen-bond donors (Lipinski definition) is 2. The average molecular weight is 271 g/mol. The SMILES string of the molecule is CCS(=O)(=O)c1ccccc1C(=O)N[C@@H](C)CO. The second-order valence-corrected chi connectivity index (χ2v) is 6.20. The predicted molar refractivity (Wildman–Crippen MR) is 68.2 cm³/mol. The number of aliphatic hydroxyl groups excluding tert-OH is 1. The topological polar surface area (TPSA) is 83.5 Å². The molecule has 1 amide bonds. The highest BCUT2D eigenvalue weighted by molar-refractivity contribution is 7.91. The zero-order chi connectivity index (χ0) is 13.8. The molecule has 6 heteroatoms. The van der Waals surface area contributed by atoms with E-state index in [1.807, 2.05) is 0 Å². The van der Waals surface area contributed by atoms with Gasteiger partial charge < -0.3 is 10.4 Å². The van der Waals surface area contributed by atoms with Crippen LogP contribution in [0.2, 0.25) is 0 Å². The van der Waals surface area contributed by atoms with E-state index in [-0.39, 0.29) is 22.8 Å². The zero-order valence-corrected chi connectivity index (χ0v) is 11.2. The molecule has 1 atom stereocenters. The molecule has 0 saturated carbocycles. The van der Waals surface area contributed by atoms with Gasteiger partial charge in [-0.25, -0.2) is 8.42 Å². The standard InChI is InChI=1S/C12H17NO4S/c1-3-18(16,17)11-7-5-4-6-10(11)12(15)13-9(2)8-14/h4-7,9,14H,3,8H2,1-2H3,(H,13,15)/t9-/m0/s1. The monoisotopic (exact) mass is 271 g/mol. The van der Waals surface area contributed by atoms with Crippen LogP contribution in [0.5, 0.6) is 0 Å². The van der Waals surface area contributed by atoms with Gasteiger partial charge in [-0.05, 0) is 19.1 Å². The van der Waals surface area contributed by atoms with Gasteiger partial charge in [0, 0.05) is 6.04 Å². The molecule has 1 aromatic carbocycles. The maximum absolute atomic E-state index is 11.9. The third-order valence-electron chi connectivity index (χ3n) is 2.50. The van der Waals surface area contributed by atoms with Crippen LogP contribution >= 0.6 is 0 Å². The Bertz CT molecular complexity index is 525. The van der Waals surface area contributed by atoms with Crippen molar-refractivity contribution in [2.24, 2.45) is 0 Å². The van der Waals surface area contributed by atoms with Gasteiger partial charge >= 0.3 is 0 Å². The van der Waals surface area contributed by atoms with Crippen LogP contribution in [0, 0.1) is 0 Å². The molecule has 0 aliphatic carbocycles.